The van der Waals surface area contributed by atoms with Crippen molar-refractivity contribution in [3.63, 3.8) is 0 Å². The molecule has 1 saturated carbocycles. The molecular formula is C27H29FN6O2. The van der Waals surface area contributed by atoms with Crippen molar-refractivity contribution in [3.05, 3.63) is 66.3 Å². The third-order valence-corrected chi connectivity index (χ3v) is 6.39. The predicted octanol–water partition coefficient (Wildman–Crippen LogP) is 3.56. The van der Waals surface area contributed by atoms with E-state index in [2.05, 4.69) is 10.3 Å². The normalized spacial score (nSPS) is 15.4. The van der Waals surface area contributed by atoms with Crippen molar-refractivity contribution in [2.75, 3.05) is 32.5 Å². The molecule has 5 rings (SSSR count). The van der Waals surface area contributed by atoms with Crippen LogP contribution in [0.5, 0.6) is 0 Å². The van der Waals surface area contributed by atoms with Crippen LogP contribution in [0, 0.1) is 11.7 Å². The zero-order chi connectivity index (χ0) is 25.2. The Morgan fingerprint density at radius 2 is 1.92 bits per heavy atom. The fourth-order valence-electron chi connectivity index (χ4n) is 4.32. The third kappa shape index (κ3) is 5.21. The fraction of sp³-hybridized carbons (Fsp3) is 0.333. The number of rotatable bonds is 7. The highest BCUT2D eigenvalue weighted by Gasteiger charge is 2.30. The van der Waals surface area contributed by atoms with Gasteiger partial charge in [0.15, 0.2) is 0 Å². The lowest BCUT2D eigenvalue weighted by Crippen LogP contribution is -2.37. The van der Waals surface area contributed by atoms with Gasteiger partial charge in [0.1, 0.15) is 17.3 Å². The van der Waals surface area contributed by atoms with E-state index in [1.807, 2.05) is 41.9 Å². The summed E-state index contributed by atoms with van der Waals surface area (Å²) in [6, 6.07) is 9.94. The average Bonchev–Trinajstić information content (AvgIpc) is 3.64. The van der Waals surface area contributed by atoms with Crippen molar-refractivity contribution in [1.82, 2.24) is 24.6 Å². The van der Waals surface area contributed by atoms with Crippen LogP contribution in [0.3, 0.4) is 0 Å². The summed E-state index contributed by atoms with van der Waals surface area (Å²) in [5.74, 6) is 0.154. The molecule has 9 heteroatoms. The summed E-state index contributed by atoms with van der Waals surface area (Å²) in [5.41, 5.74) is 4.04. The van der Waals surface area contributed by atoms with Crippen molar-refractivity contribution in [1.29, 1.82) is 0 Å². The molecule has 1 aliphatic carbocycles. The number of amides is 2. The van der Waals surface area contributed by atoms with E-state index in [4.69, 9.17) is 5.10 Å². The summed E-state index contributed by atoms with van der Waals surface area (Å²) in [7, 11) is 3.90. The first-order chi connectivity index (χ1) is 17.4. The first kappa shape index (κ1) is 23.9. The number of fused-ring (bicyclic) bond motifs is 1. The van der Waals surface area contributed by atoms with E-state index in [9.17, 15) is 14.0 Å². The molecule has 36 heavy (non-hydrogen) atoms. The van der Waals surface area contributed by atoms with Crippen molar-refractivity contribution in [3.8, 4) is 22.4 Å². The Balaban J connectivity index is 1.52. The number of nitrogens with one attached hydrogen (secondary N) is 1. The van der Waals surface area contributed by atoms with E-state index < -0.39 is 0 Å². The van der Waals surface area contributed by atoms with Gasteiger partial charge in [-0.3, -0.25) is 14.3 Å². The van der Waals surface area contributed by atoms with Gasteiger partial charge < -0.3 is 15.1 Å². The molecule has 0 spiro atoms. The summed E-state index contributed by atoms with van der Waals surface area (Å²) < 4.78 is 15.6. The number of hydrogen-bond donors (Lipinski definition) is 1. The number of carbonyl (C=O) groups is 2. The fourth-order valence-corrected chi connectivity index (χ4v) is 4.32. The van der Waals surface area contributed by atoms with Crippen molar-refractivity contribution >= 4 is 17.6 Å². The molecule has 3 heterocycles. The highest BCUT2D eigenvalue weighted by molar-refractivity contribution is 5.94. The number of hydrogen-bond acceptors (Lipinski definition) is 5. The van der Waals surface area contributed by atoms with Gasteiger partial charge in [-0.05, 0) is 68.9 Å². The van der Waals surface area contributed by atoms with Crippen LogP contribution in [-0.4, -0.2) is 63.6 Å². The molecule has 0 atom stereocenters. The maximum absolute atomic E-state index is 13.7. The van der Waals surface area contributed by atoms with Gasteiger partial charge in [-0.25, -0.2) is 9.37 Å². The maximum Gasteiger partial charge on any atom is 0.246 e. The molecule has 2 aromatic heterocycles. The maximum atomic E-state index is 13.7. The standard InChI is InChI=1S/C27H29FN6O2/c1-32(2)13-3-4-24(35)33-14-15-34-22(17-33)25(26(31-34)18-7-9-21(28)10-8-18)20-11-12-29-23(16-20)30-27(36)19-5-6-19/h3-4,7-12,16,19H,5-6,13-15,17H2,1-2H3,(H,29,30,36)/b4-3+. The quantitative estimate of drug-likeness (QED) is 0.514. The number of anilines is 1. The Hall–Kier alpha value is -3.85. The number of pyridine rings is 1. The minimum Gasteiger partial charge on any atom is -0.331 e. The lowest BCUT2D eigenvalue weighted by molar-refractivity contribution is -0.127. The van der Waals surface area contributed by atoms with E-state index >= 15 is 0 Å². The Morgan fingerprint density at radius 1 is 1.14 bits per heavy atom. The third-order valence-electron chi connectivity index (χ3n) is 6.39. The van der Waals surface area contributed by atoms with Gasteiger partial charge >= 0.3 is 0 Å². The van der Waals surface area contributed by atoms with E-state index in [-0.39, 0.29) is 23.5 Å². The van der Waals surface area contributed by atoms with Crippen molar-refractivity contribution in [2.24, 2.45) is 5.92 Å². The molecule has 3 aromatic rings. The molecule has 8 nitrogen and oxygen atoms in total. The van der Waals surface area contributed by atoms with Crippen LogP contribution in [0.15, 0.2) is 54.7 Å². The molecule has 0 unspecified atom stereocenters. The summed E-state index contributed by atoms with van der Waals surface area (Å²) >= 11 is 0. The van der Waals surface area contributed by atoms with Gasteiger partial charge in [-0.1, -0.05) is 6.08 Å². The van der Waals surface area contributed by atoms with Crippen molar-refractivity contribution < 1.29 is 14.0 Å². The topological polar surface area (TPSA) is 83.4 Å². The number of benzene rings is 1. The smallest absolute Gasteiger partial charge is 0.246 e. The summed E-state index contributed by atoms with van der Waals surface area (Å²) in [5, 5.41) is 7.77. The molecule has 186 valence electrons. The highest BCUT2D eigenvalue weighted by Crippen LogP contribution is 2.37. The molecule has 1 fully saturated rings. The second-order valence-electron chi connectivity index (χ2n) is 9.52. The molecule has 2 amide bonds. The second-order valence-corrected chi connectivity index (χ2v) is 9.52. The van der Waals surface area contributed by atoms with Gasteiger partial charge in [0, 0.05) is 42.4 Å². The molecular weight excluding hydrogens is 459 g/mol. The zero-order valence-corrected chi connectivity index (χ0v) is 20.4. The van der Waals surface area contributed by atoms with Crippen LogP contribution in [0.1, 0.15) is 18.5 Å². The van der Waals surface area contributed by atoms with Crippen LogP contribution in [0.25, 0.3) is 22.4 Å². The van der Waals surface area contributed by atoms with E-state index in [0.717, 1.165) is 35.2 Å². The Morgan fingerprint density at radius 3 is 2.64 bits per heavy atom. The van der Waals surface area contributed by atoms with Gasteiger partial charge in [-0.2, -0.15) is 5.10 Å². The van der Waals surface area contributed by atoms with E-state index in [0.29, 0.717) is 37.7 Å². The molecule has 1 aromatic carbocycles. The number of nitrogens with zero attached hydrogens (tertiary/aromatic N) is 5. The van der Waals surface area contributed by atoms with Crippen LogP contribution in [0.4, 0.5) is 10.2 Å². The zero-order valence-electron chi connectivity index (χ0n) is 20.4. The largest absolute Gasteiger partial charge is 0.331 e. The van der Waals surface area contributed by atoms with Crippen LogP contribution in [0.2, 0.25) is 0 Å². The van der Waals surface area contributed by atoms with Crippen LogP contribution in [-0.2, 0) is 22.7 Å². The number of halogens is 1. The summed E-state index contributed by atoms with van der Waals surface area (Å²) in [4.78, 5) is 33.3. The molecule has 2 aliphatic rings. The molecule has 1 N–H and O–H groups in total. The monoisotopic (exact) mass is 488 g/mol. The highest BCUT2D eigenvalue weighted by atomic mass is 19.1. The first-order valence-electron chi connectivity index (χ1n) is 12.1. The second kappa shape index (κ2) is 10.0. The lowest BCUT2D eigenvalue weighted by atomic mass is 9.98. The van der Waals surface area contributed by atoms with Crippen LogP contribution < -0.4 is 5.32 Å². The van der Waals surface area contributed by atoms with Gasteiger partial charge in [0.05, 0.1) is 18.8 Å². The average molecular weight is 489 g/mol. The molecule has 1 aliphatic heterocycles. The Kier molecular flexibility index (Phi) is 6.65. The van der Waals surface area contributed by atoms with E-state index in [1.165, 1.54) is 12.1 Å². The van der Waals surface area contributed by atoms with Gasteiger partial charge in [0.25, 0.3) is 0 Å². The van der Waals surface area contributed by atoms with Crippen LogP contribution >= 0.6 is 0 Å². The minimum absolute atomic E-state index is 0.0169. The Bertz CT molecular complexity index is 1310. The van der Waals surface area contributed by atoms with E-state index in [1.54, 1.807) is 29.3 Å². The SMILES string of the molecule is CN(C)C/C=C/C(=O)N1CCn2nc(-c3ccc(F)cc3)c(-c3ccnc(NC(=O)C4CC4)c3)c2C1. The number of aromatic nitrogens is 3. The van der Waals surface area contributed by atoms with Gasteiger partial charge in [-0.15, -0.1) is 0 Å². The minimum atomic E-state index is -0.320. The molecule has 0 bridgehead atoms. The first-order valence-corrected chi connectivity index (χ1v) is 12.1. The van der Waals surface area contributed by atoms with Gasteiger partial charge in [0.2, 0.25) is 11.8 Å². The summed E-state index contributed by atoms with van der Waals surface area (Å²) in [6.07, 6.45) is 6.95. The number of carbonyl (C=O) groups excluding carboxylic acids is 2. The molecule has 0 saturated heterocycles. The van der Waals surface area contributed by atoms with Crippen molar-refractivity contribution in [2.45, 2.75) is 25.9 Å². The predicted molar refractivity (Wildman–Crippen MR) is 135 cm³/mol. The molecule has 0 radical (unpaired) electrons. The lowest BCUT2D eigenvalue weighted by Gasteiger charge is -2.27. The summed E-state index contributed by atoms with van der Waals surface area (Å²) in [6.45, 7) is 2.17. The Labute approximate surface area is 209 Å². The number of likely N-dealkylation sites (N-methyl/N-ethyl adjacent to an activating group) is 1.